The van der Waals surface area contributed by atoms with Crippen molar-refractivity contribution in [2.75, 3.05) is 7.05 Å². The molecule has 7 heteroatoms. The van der Waals surface area contributed by atoms with Crippen LogP contribution in [0, 0.1) is 0 Å². The van der Waals surface area contributed by atoms with E-state index in [1.54, 1.807) is 0 Å². The topological polar surface area (TPSA) is 81.8 Å². The standard InChI is InChI=1S/C10H15N5O2/c1-11-9(16)6-7-14-10(17)15(13-12-14)8-4-2-3-5-8/h6-8H,2-5H2,1H3,(H,11,16)/b7-6-. The first-order chi connectivity index (χ1) is 8.22. The molecule has 1 heterocycles. The predicted molar refractivity (Wildman–Crippen MR) is 61.2 cm³/mol. The maximum atomic E-state index is 11.9. The monoisotopic (exact) mass is 237 g/mol. The third kappa shape index (κ3) is 2.43. The molecular formula is C10H15N5O2. The summed E-state index contributed by atoms with van der Waals surface area (Å²) in [6.45, 7) is 0. The quantitative estimate of drug-likeness (QED) is 0.736. The van der Waals surface area contributed by atoms with Crippen molar-refractivity contribution in [2.24, 2.45) is 0 Å². The minimum absolute atomic E-state index is 0.157. The fourth-order valence-corrected chi connectivity index (χ4v) is 1.96. The lowest BCUT2D eigenvalue weighted by molar-refractivity contribution is -0.116. The van der Waals surface area contributed by atoms with Crippen LogP contribution in [0.3, 0.4) is 0 Å². The Labute approximate surface area is 98.1 Å². The Bertz CT molecular complexity index is 481. The molecule has 1 saturated carbocycles. The molecule has 17 heavy (non-hydrogen) atoms. The molecule has 0 bridgehead atoms. The zero-order chi connectivity index (χ0) is 12.3. The molecule has 92 valence electrons. The molecule has 0 aromatic carbocycles. The summed E-state index contributed by atoms with van der Waals surface area (Å²) in [6, 6.07) is 0.157. The Morgan fingerprint density at radius 2 is 2.12 bits per heavy atom. The molecule has 0 spiro atoms. The van der Waals surface area contributed by atoms with Crippen LogP contribution >= 0.6 is 0 Å². The molecular weight excluding hydrogens is 222 g/mol. The van der Waals surface area contributed by atoms with Crippen molar-refractivity contribution in [3.63, 3.8) is 0 Å². The Hall–Kier alpha value is -1.92. The zero-order valence-electron chi connectivity index (χ0n) is 9.67. The van der Waals surface area contributed by atoms with Gasteiger partial charge in [0.2, 0.25) is 5.91 Å². The number of hydrogen-bond acceptors (Lipinski definition) is 4. The number of rotatable bonds is 3. The second-order valence-corrected chi connectivity index (χ2v) is 4.02. The van der Waals surface area contributed by atoms with Gasteiger partial charge in [-0.05, 0) is 23.3 Å². The van der Waals surface area contributed by atoms with E-state index in [-0.39, 0.29) is 17.6 Å². The van der Waals surface area contributed by atoms with Gasteiger partial charge >= 0.3 is 5.69 Å². The van der Waals surface area contributed by atoms with E-state index >= 15 is 0 Å². The van der Waals surface area contributed by atoms with Crippen molar-refractivity contribution in [3.05, 3.63) is 16.6 Å². The van der Waals surface area contributed by atoms with Crippen LogP contribution in [0.1, 0.15) is 31.7 Å². The summed E-state index contributed by atoms with van der Waals surface area (Å²) in [4.78, 5) is 22.9. The Morgan fingerprint density at radius 3 is 2.76 bits per heavy atom. The van der Waals surface area contributed by atoms with Crippen molar-refractivity contribution in [1.82, 2.24) is 25.1 Å². The van der Waals surface area contributed by atoms with Gasteiger partial charge in [-0.3, -0.25) is 4.79 Å². The van der Waals surface area contributed by atoms with Crippen LogP contribution in [-0.2, 0) is 4.79 Å². The molecule has 0 aliphatic heterocycles. The maximum absolute atomic E-state index is 11.9. The van der Waals surface area contributed by atoms with Gasteiger partial charge in [-0.2, -0.15) is 9.36 Å². The van der Waals surface area contributed by atoms with E-state index in [9.17, 15) is 9.59 Å². The minimum Gasteiger partial charge on any atom is -0.356 e. The lowest BCUT2D eigenvalue weighted by Crippen LogP contribution is -2.25. The van der Waals surface area contributed by atoms with E-state index in [0.29, 0.717) is 0 Å². The molecule has 0 radical (unpaired) electrons. The van der Waals surface area contributed by atoms with Crippen molar-refractivity contribution in [3.8, 4) is 0 Å². The van der Waals surface area contributed by atoms with Crippen LogP contribution in [0.15, 0.2) is 10.9 Å². The van der Waals surface area contributed by atoms with Crippen LogP contribution in [-0.4, -0.2) is 32.7 Å². The molecule has 1 aromatic rings. The number of hydrogen-bond donors (Lipinski definition) is 1. The van der Waals surface area contributed by atoms with Crippen molar-refractivity contribution >= 4 is 12.1 Å². The highest BCUT2D eigenvalue weighted by atomic mass is 16.2. The number of nitrogens with one attached hydrogen (secondary N) is 1. The van der Waals surface area contributed by atoms with Gasteiger partial charge in [0.15, 0.2) is 0 Å². The van der Waals surface area contributed by atoms with Gasteiger partial charge in [0.1, 0.15) is 0 Å². The first kappa shape index (κ1) is 11.6. The van der Waals surface area contributed by atoms with E-state index in [0.717, 1.165) is 30.4 Å². The highest BCUT2D eigenvalue weighted by Crippen LogP contribution is 2.26. The van der Waals surface area contributed by atoms with E-state index < -0.39 is 0 Å². The molecule has 1 aliphatic rings. The third-order valence-electron chi connectivity index (χ3n) is 2.91. The molecule has 1 aliphatic carbocycles. The van der Waals surface area contributed by atoms with Crippen molar-refractivity contribution < 1.29 is 4.79 Å². The summed E-state index contributed by atoms with van der Waals surface area (Å²) < 4.78 is 2.48. The minimum atomic E-state index is -0.294. The summed E-state index contributed by atoms with van der Waals surface area (Å²) in [6.07, 6.45) is 6.75. The van der Waals surface area contributed by atoms with Crippen LogP contribution in [0.4, 0.5) is 0 Å². The number of tetrazole rings is 1. The summed E-state index contributed by atoms with van der Waals surface area (Å²) in [5.41, 5.74) is -0.294. The van der Waals surface area contributed by atoms with Gasteiger partial charge in [-0.15, -0.1) is 0 Å². The van der Waals surface area contributed by atoms with Crippen molar-refractivity contribution in [1.29, 1.82) is 0 Å². The van der Waals surface area contributed by atoms with Gasteiger partial charge in [0.05, 0.1) is 6.04 Å². The summed E-state index contributed by atoms with van der Waals surface area (Å²) in [5.74, 6) is -0.285. The van der Waals surface area contributed by atoms with Crippen LogP contribution in [0.2, 0.25) is 0 Å². The van der Waals surface area contributed by atoms with E-state index in [4.69, 9.17) is 0 Å². The lowest BCUT2D eigenvalue weighted by atomic mass is 10.3. The first-order valence-electron chi connectivity index (χ1n) is 5.66. The van der Waals surface area contributed by atoms with Gasteiger partial charge in [-0.25, -0.2) is 4.79 Å². The molecule has 1 N–H and O–H groups in total. The maximum Gasteiger partial charge on any atom is 0.368 e. The highest BCUT2D eigenvalue weighted by Gasteiger charge is 2.20. The van der Waals surface area contributed by atoms with Gasteiger partial charge in [0.25, 0.3) is 0 Å². The third-order valence-corrected chi connectivity index (χ3v) is 2.91. The molecule has 2 rings (SSSR count). The van der Waals surface area contributed by atoms with Crippen LogP contribution in [0.5, 0.6) is 0 Å². The molecule has 0 unspecified atom stereocenters. The average Bonchev–Trinajstić information content (AvgIpc) is 2.95. The van der Waals surface area contributed by atoms with Gasteiger partial charge in [0, 0.05) is 19.3 Å². The number of aromatic nitrogens is 4. The number of carbonyl (C=O) groups is 1. The summed E-state index contributed by atoms with van der Waals surface area (Å²) in [7, 11) is 1.52. The second-order valence-electron chi connectivity index (χ2n) is 4.02. The molecule has 0 atom stereocenters. The highest BCUT2D eigenvalue weighted by molar-refractivity contribution is 5.89. The number of likely N-dealkylation sites (N-methyl/N-ethyl adjacent to an activating group) is 1. The fourth-order valence-electron chi connectivity index (χ4n) is 1.96. The van der Waals surface area contributed by atoms with Crippen molar-refractivity contribution in [2.45, 2.75) is 31.7 Å². The second kappa shape index (κ2) is 4.94. The number of amides is 1. The molecule has 1 aromatic heterocycles. The van der Waals surface area contributed by atoms with Crippen LogP contribution < -0.4 is 11.0 Å². The SMILES string of the molecule is CNC(=O)/C=C\n1nnn(C2CCCC2)c1=O. The molecule has 7 nitrogen and oxygen atoms in total. The normalized spacial score (nSPS) is 16.8. The molecule has 1 amide bonds. The van der Waals surface area contributed by atoms with Gasteiger partial charge in [-0.1, -0.05) is 12.8 Å². The molecule has 0 saturated heterocycles. The fraction of sp³-hybridized carbons (Fsp3) is 0.600. The average molecular weight is 237 g/mol. The number of nitrogens with zero attached hydrogens (tertiary/aromatic N) is 4. The smallest absolute Gasteiger partial charge is 0.356 e. The van der Waals surface area contributed by atoms with Gasteiger partial charge < -0.3 is 5.32 Å². The van der Waals surface area contributed by atoms with E-state index in [1.165, 1.54) is 24.0 Å². The van der Waals surface area contributed by atoms with E-state index in [2.05, 4.69) is 15.7 Å². The number of carbonyl (C=O) groups excluding carboxylic acids is 1. The Balaban J connectivity index is 2.18. The van der Waals surface area contributed by atoms with E-state index in [1.807, 2.05) is 0 Å². The summed E-state index contributed by atoms with van der Waals surface area (Å²) >= 11 is 0. The lowest BCUT2D eigenvalue weighted by Gasteiger charge is -2.04. The first-order valence-corrected chi connectivity index (χ1v) is 5.66. The van der Waals surface area contributed by atoms with Crippen LogP contribution in [0.25, 0.3) is 6.20 Å². The Kier molecular flexibility index (Phi) is 3.36. The molecule has 1 fully saturated rings. The summed E-state index contributed by atoms with van der Waals surface area (Å²) in [5, 5.41) is 9.97. The zero-order valence-corrected chi connectivity index (χ0v) is 9.67. The Morgan fingerprint density at radius 1 is 1.41 bits per heavy atom. The largest absolute Gasteiger partial charge is 0.368 e. The predicted octanol–water partition coefficient (Wildman–Crippen LogP) is -0.228.